The molecule has 0 bridgehead atoms. The molecule has 0 saturated carbocycles. The fourth-order valence-electron chi connectivity index (χ4n) is 2.65. The lowest BCUT2D eigenvalue weighted by atomic mass is 10.2. The Hall–Kier alpha value is -2.42. The SMILES string of the molecule is CCn1c(COc2cccc(O)c2)cc2ccc(C)cc21. The molecule has 0 aliphatic heterocycles. The molecule has 2 aromatic carbocycles. The second-order valence-electron chi connectivity index (χ2n) is 5.23. The smallest absolute Gasteiger partial charge is 0.128 e. The van der Waals surface area contributed by atoms with Gasteiger partial charge in [0.2, 0.25) is 0 Å². The van der Waals surface area contributed by atoms with E-state index in [9.17, 15) is 5.11 Å². The van der Waals surface area contributed by atoms with Gasteiger partial charge in [-0.15, -0.1) is 0 Å². The molecule has 0 unspecified atom stereocenters. The number of aryl methyl sites for hydroxylation is 2. The summed E-state index contributed by atoms with van der Waals surface area (Å²) in [5.74, 6) is 0.901. The summed E-state index contributed by atoms with van der Waals surface area (Å²) in [4.78, 5) is 0. The van der Waals surface area contributed by atoms with Crippen molar-refractivity contribution in [2.75, 3.05) is 0 Å². The van der Waals surface area contributed by atoms with Gasteiger partial charge in [0, 0.05) is 23.5 Å². The van der Waals surface area contributed by atoms with Gasteiger partial charge < -0.3 is 14.4 Å². The van der Waals surface area contributed by atoms with Gasteiger partial charge in [0.25, 0.3) is 0 Å². The van der Waals surface area contributed by atoms with Crippen LogP contribution >= 0.6 is 0 Å². The third kappa shape index (κ3) is 2.72. The molecule has 0 aliphatic carbocycles. The van der Waals surface area contributed by atoms with Crippen LogP contribution in [0.2, 0.25) is 0 Å². The van der Waals surface area contributed by atoms with Gasteiger partial charge >= 0.3 is 0 Å². The first-order chi connectivity index (χ1) is 10.2. The molecule has 1 aromatic heterocycles. The minimum absolute atomic E-state index is 0.221. The summed E-state index contributed by atoms with van der Waals surface area (Å²) in [5, 5.41) is 10.7. The third-order valence-electron chi connectivity index (χ3n) is 3.67. The number of aromatic nitrogens is 1. The second kappa shape index (κ2) is 5.52. The summed E-state index contributed by atoms with van der Waals surface area (Å²) in [6.45, 7) is 5.64. The van der Waals surface area contributed by atoms with Crippen LogP contribution in [0, 0.1) is 6.92 Å². The molecule has 3 heteroatoms. The van der Waals surface area contributed by atoms with Crippen molar-refractivity contribution >= 4 is 10.9 Å². The highest BCUT2D eigenvalue weighted by Crippen LogP contribution is 2.24. The minimum atomic E-state index is 0.221. The van der Waals surface area contributed by atoms with E-state index in [0.29, 0.717) is 12.4 Å². The Morgan fingerprint density at radius 2 is 1.95 bits per heavy atom. The molecule has 108 valence electrons. The first kappa shape index (κ1) is 13.6. The molecule has 0 fully saturated rings. The average Bonchev–Trinajstić information content (AvgIpc) is 2.82. The lowest BCUT2D eigenvalue weighted by molar-refractivity contribution is 0.294. The monoisotopic (exact) mass is 281 g/mol. The maximum atomic E-state index is 9.47. The highest BCUT2D eigenvalue weighted by molar-refractivity contribution is 5.82. The van der Waals surface area contributed by atoms with Gasteiger partial charge in [-0.05, 0) is 43.7 Å². The molecule has 3 rings (SSSR count). The number of ether oxygens (including phenoxy) is 1. The van der Waals surface area contributed by atoms with E-state index < -0.39 is 0 Å². The Morgan fingerprint density at radius 1 is 1.10 bits per heavy atom. The van der Waals surface area contributed by atoms with Crippen molar-refractivity contribution in [3.63, 3.8) is 0 Å². The summed E-state index contributed by atoms with van der Waals surface area (Å²) in [5.41, 5.74) is 3.64. The number of rotatable bonds is 4. The molecular formula is C18H19NO2. The highest BCUT2D eigenvalue weighted by Gasteiger charge is 2.08. The van der Waals surface area contributed by atoms with E-state index in [1.165, 1.54) is 16.5 Å². The van der Waals surface area contributed by atoms with Crippen molar-refractivity contribution in [3.05, 3.63) is 59.8 Å². The lowest BCUT2D eigenvalue weighted by Gasteiger charge is -2.10. The van der Waals surface area contributed by atoms with Crippen molar-refractivity contribution in [1.82, 2.24) is 4.57 Å². The number of nitrogens with zero attached hydrogens (tertiary/aromatic N) is 1. The summed E-state index contributed by atoms with van der Waals surface area (Å²) in [7, 11) is 0. The molecular weight excluding hydrogens is 262 g/mol. The Balaban J connectivity index is 1.90. The quantitative estimate of drug-likeness (QED) is 0.775. The van der Waals surface area contributed by atoms with Crippen molar-refractivity contribution in [3.8, 4) is 11.5 Å². The zero-order chi connectivity index (χ0) is 14.8. The van der Waals surface area contributed by atoms with Crippen LogP contribution in [0.1, 0.15) is 18.2 Å². The summed E-state index contributed by atoms with van der Waals surface area (Å²) >= 11 is 0. The van der Waals surface area contributed by atoms with Crippen LogP contribution < -0.4 is 4.74 Å². The number of phenols is 1. The number of hydrogen-bond donors (Lipinski definition) is 1. The van der Waals surface area contributed by atoms with Crippen molar-refractivity contribution in [2.45, 2.75) is 27.0 Å². The lowest BCUT2D eigenvalue weighted by Crippen LogP contribution is -2.04. The number of hydrogen-bond acceptors (Lipinski definition) is 2. The van der Waals surface area contributed by atoms with E-state index in [1.807, 2.05) is 6.07 Å². The van der Waals surface area contributed by atoms with Crippen LogP contribution in [0.4, 0.5) is 0 Å². The molecule has 0 amide bonds. The van der Waals surface area contributed by atoms with E-state index in [1.54, 1.807) is 18.2 Å². The number of fused-ring (bicyclic) bond motifs is 1. The van der Waals surface area contributed by atoms with Gasteiger partial charge in [-0.25, -0.2) is 0 Å². The molecule has 0 spiro atoms. The van der Waals surface area contributed by atoms with Gasteiger partial charge in [0.15, 0.2) is 0 Å². The van der Waals surface area contributed by atoms with E-state index in [4.69, 9.17) is 4.74 Å². The van der Waals surface area contributed by atoms with Gasteiger partial charge in [0.1, 0.15) is 18.1 Å². The minimum Gasteiger partial charge on any atom is -0.508 e. The molecule has 3 nitrogen and oxygen atoms in total. The maximum absolute atomic E-state index is 9.47. The standard InChI is InChI=1S/C18H19NO2/c1-3-19-15(10-14-8-7-13(2)9-18(14)19)12-21-17-6-4-5-16(20)11-17/h4-11,20H,3,12H2,1-2H3. The first-order valence-electron chi connectivity index (χ1n) is 7.18. The molecule has 0 saturated heterocycles. The zero-order valence-corrected chi connectivity index (χ0v) is 12.3. The topological polar surface area (TPSA) is 34.4 Å². The summed E-state index contributed by atoms with van der Waals surface area (Å²) in [6, 6.07) is 15.5. The number of benzene rings is 2. The Kier molecular flexibility index (Phi) is 3.57. The van der Waals surface area contributed by atoms with E-state index in [0.717, 1.165) is 12.2 Å². The number of phenolic OH excluding ortho intramolecular Hbond substituents is 1. The Labute approximate surface area is 124 Å². The van der Waals surface area contributed by atoms with Crippen LogP contribution in [0.5, 0.6) is 11.5 Å². The molecule has 0 atom stereocenters. The first-order valence-corrected chi connectivity index (χ1v) is 7.18. The van der Waals surface area contributed by atoms with Gasteiger partial charge in [-0.1, -0.05) is 18.2 Å². The molecule has 3 aromatic rings. The van der Waals surface area contributed by atoms with Crippen molar-refractivity contribution < 1.29 is 9.84 Å². The van der Waals surface area contributed by atoms with Crippen molar-refractivity contribution in [2.24, 2.45) is 0 Å². The fourth-order valence-corrected chi connectivity index (χ4v) is 2.65. The average molecular weight is 281 g/mol. The Bertz CT molecular complexity index is 774. The Morgan fingerprint density at radius 3 is 2.71 bits per heavy atom. The van der Waals surface area contributed by atoms with Gasteiger partial charge in [0.05, 0.1) is 5.69 Å². The largest absolute Gasteiger partial charge is 0.508 e. The third-order valence-corrected chi connectivity index (χ3v) is 3.67. The highest BCUT2D eigenvalue weighted by atomic mass is 16.5. The van der Waals surface area contributed by atoms with Crippen LogP contribution in [-0.4, -0.2) is 9.67 Å². The van der Waals surface area contributed by atoms with Gasteiger partial charge in [-0.3, -0.25) is 0 Å². The predicted octanol–water partition coefficient (Wildman–Crippen LogP) is 4.25. The fraction of sp³-hybridized carbons (Fsp3) is 0.222. The zero-order valence-electron chi connectivity index (χ0n) is 12.3. The second-order valence-corrected chi connectivity index (χ2v) is 5.23. The predicted molar refractivity (Wildman–Crippen MR) is 84.8 cm³/mol. The van der Waals surface area contributed by atoms with E-state index >= 15 is 0 Å². The van der Waals surface area contributed by atoms with E-state index in [2.05, 4.69) is 42.7 Å². The maximum Gasteiger partial charge on any atom is 0.128 e. The van der Waals surface area contributed by atoms with E-state index in [-0.39, 0.29) is 5.75 Å². The summed E-state index contributed by atoms with van der Waals surface area (Å²) in [6.07, 6.45) is 0. The molecule has 1 heterocycles. The van der Waals surface area contributed by atoms with Crippen LogP contribution in [0.15, 0.2) is 48.5 Å². The van der Waals surface area contributed by atoms with Crippen LogP contribution in [0.3, 0.4) is 0 Å². The van der Waals surface area contributed by atoms with Crippen molar-refractivity contribution in [1.29, 1.82) is 0 Å². The molecule has 0 radical (unpaired) electrons. The molecule has 21 heavy (non-hydrogen) atoms. The molecule has 0 aliphatic rings. The number of aromatic hydroxyl groups is 1. The summed E-state index contributed by atoms with van der Waals surface area (Å²) < 4.78 is 8.06. The van der Waals surface area contributed by atoms with Crippen LogP contribution in [0.25, 0.3) is 10.9 Å². The van der Waals surface area contributed by atoms with Crippen LogP contribution in [-0.2, 0) is 13.2 Å². The normalized spacial score (nSPS) is 11.0. The van der Waals surface area contributed by atoms with Gasteiger partial charge in [-0.2, -0.15) is 0 Å². The molecule has 1 N–H and O–H groups in total.